The highest BCUT2D eigenvalue weighted by Crippen LogP contribution is 2.31. The number of benzene rings is 2. The lowest BCUT2D eigenvalue weighted by Crippen LogP contribution is -2.37. The maximum Gasteiger partial charge on any atom is 0.289 e. The third-order valence-electron chi connectivity index (χ3n) is 5.20. The van der Waals surface area contributed by atoms with Gasteiger partial charge in [-0.1, -0.05) is 73.3 Å². The maximum atomic E-state index is 12.5. The molecule has 0 spiro atoms. The third kappa shape index (κ3) is 4.72. The van der Waals surface area contributed by atoms with E-state index >= 15 is 0 Å². The monoisotopic (exact) mass is 475 g/mol. The number of nitrogens with one attached hydrogen (secondary N) is 2. The molecular formula is C23H21N7OS2. The Hall–Kier alpha value is -3.34. The maximum absolute atomic E-state index is 12.5. The molecule has 1 fully saturated rings. The van der Waals surface area contributed by atoms with Crippen LogP contribution in [0.15, 0.2) is 71.0 Å². The highest BCUT2D eigenvalue weighted by Gasteiger charge is 2.28. The first kappa shape index (κ1) is 21.5. The van der Waals surface area contributed by atoms with Crippen LogP contribution in [0.1, 0.15) is 28.6 Å². The van der Waals surface area contributed by atoms with E-state index in [-0.39, 0.29) is 11.3 Å². The van der Waals surface area contributed by atoms with E-state index in [4.69, 9.17) is 0 Å². The van der Waals surface area contributed by atoms with Crippen LogP contribution in [0.2, 0.25) is 0 Å². The van der Waals surface area contributed by atoms with E-state index in [2.05, 4.69) is 62.2 Å². The Morgan fingerprint density at radius 3 is 2.61 bits per heavy atom. The number of aromatic amines is 1. The Labute approximate surface area is 199 Å². The Morgan fingerprint density at radius 2 is 1.91 bits per heavy atom. The molecule has 1 saturated heterocycles. The number of nitrogens with zero attached hydrogens (tertiary/aromatic N) is 5. The molecule has 4 aromatic rings. The molecule has 2 aromatic heterocycles. The fourth-order valence-electron chi connectivity index (χ4n) is 3.54. The van der Waals surface area contributed by atoms with Gasteiger partial charge in [-0.25, -0.2) is 5.43 Å². The first-order chi connectivity index (χ1) is 16.2. The predicted molar refractivity (Wildman–Crippen MR) is 131 cm³/mol. The van der Waals surface area contributed by atoms with Crippen molar-refractivity contribution in [2.45, 2.75) is 25.3 Å². The van der Waals surface area contributed by atoms with Gasteiger partial charge in [-0.15, -0.1) is 21.5 Å². The Kier molecular flexibility index (Phi) is 6.29. The van der Waals surface area contributed by atoms with Crippen molar-refractivity contribution in [3.63, 3.8) is 0 Å². The average molecular weight is 476 g/mol. The van der Waals surface area contributed by atoms with Gasteiger partial charge in [-0.2, -0.15) is 10.2 Å². The van der Waals surface area contributed by atoms with Crippen molar-refractivity contribution >= 4 is 34.2 Å². The predicted octanol–water partition coefficient (Wildman–Crippen LogP) is 4.58. The summed E-state index contributed by atoms with van der Waals surface area (Å²) in [5, 5.41) is 19.2. The molecule has 1 amide bonds. The van der Waals surface area contributed by atoms with E-state index in [1.807, 2.05) is 40.7 Å². The van der Waals surface area contributed by atoms with E-state index < -0.39 is 0 Å². The van der Waals surface area contributed by atoms with Gasteiger partial charge in [0.15, 0.2) is 5.17 Å². The van der Waals surface area contributed by atoms with E-state index in [0.29, 0.717) is 22.4 Å². The van der Waals surface area contributed by atoms with Crippen molar-refractivity contribution in [3.8, 4) is 22.5 Å². The topological polar surface area (TPSA) is 99.2 Å². The summed E-state index contributed by atoms with van der Waals surface area (Å²) < 4.78 is 0. The first-order valence-electron chi connectivity index (χ1n) is 10.5. The van der Waals surface area contributed by atoms with Crippen LogP contribution in [0.25, 0.3) is 22.5 Å². The summed E-state index contributed by atoms with van der Waals surface area (Å²) in [4.78, 5) is 17.6. The molecule has 1 unspecified atom stereocenters. The Bertz CT molecular complexity index is 1250. The van der Waals surface area contributed by atoms with Crippen molar-refractivity contribution < 1.29 is 4.79 Å². The molecular weight excluding hydrogens is 454 g/mol. The normalized spacial score (nSPS) is 17.1. The van der Waals surface area contributed by atoms with Crippen LogP contribution in [0, 0.1) is 0 Å². The van der Waals surface area contributed by atoms with Crippen molar-refractivity contribution in [1.29, 1.82) is 0 Å². The van der Waals surface area contributed by atoms with Gasteiger partial charge in [-0.05, 0) is 39.8 Å². The number of hydrazine groups is 1. The number of tetrazole rings is 1. The molecule has 5 rings (SSSR count). The number of amidine groups is 1. The number of thiophene rings is 1. The van der Waals surface area contributed by atoms with Gasteiger partial charge in [0.1, 0.15) is 0 Å². The number of aromatic nitrogens is 4. The zero-order valence-corrected chi connectivity index (χ0v) is 19.4. The molecule has 0 bridgehead atoms. The minimum atomic E-state index is -0.204. The highest BCUT2D eigenvalue weighted by atomic mass is 32.2. The molecule has 1 aliphatic rings. The molecule has 10 heteroatoms. The Balaban J connectivity index is 1.36. The number of thioether (sulfide) groups is 1. The molecule has 8 nitrogen and oxygen atoms in total. The van der Waals surface area contributed by atoms with Crippen molar-refractivity contribution in [1.82, 2.24) is 31.1 Å². The molecule has 0 aliphatic carbocycles. The van der Waals surface area contributed by atoms with Gasteiger partial charge in [0, 0.05) is 5.56 Å². The standard InChI is InChI=1S/C23H21N7OS2/c1-2-20-27-30(23(33-20)24-22(31)19-8-5-13-32-19)14-15-9-11-16(12-10-15)17-6-3-4-7-18(17)21-25-28-29-26-21/h3-13,20,27H,2,14H2,1H3,(H,25,26,28,29). The second-order valence-corrected chi connectivity index (χ2v) is 9.50. The van der Waals surface area contributed by atoms with Gasteiger partial charge < -0.3 is 0 Å². The smallest absolute Gasteiger partial charge is 0.281 e. The number of hydrogen-bond donors (Lipinski definition) is 2. The number of hydrogen-bond acceptors (Lipinski definition) is 7. The molecule has 3 heterocycles. The second kappa shape index (κ2) is 9.65. The lowest BCUT2D eigenvalue weighted by atomic mass is 9.98. The number of amides is 1. The fraction of sp³-hybridized carbons (Fsp3) is 0.174. The second-order valence-electron chi connectivity index (χ2n) is 7.38. The van der Waals surface area contributed by atoms with E-state index in [9.17, 15) is 4.79 Å². The SMILES string of the molecule is CCC1NN(Cc2ccc(-c3ccccc3-c3nn[nH]n3)cc2)C(=NC(=O)c2cccs2)S1. The summed E-state index contributed by atoms with van der Waals surface area (Å²) in [5.74, 6) is 0.360. The van der Waals surface area contributed by atoms with Crippen LogP contribution in [-0.4, -0.2) is 42.1 Å². The number of aliphatic imine (C=N–C) groups is 1. The fourth-order valence-corrected chi connectivity index (χ4v) is 5.13. The van der Waals surface area contributed by atoms with Crippen LogP contribution in [0.4, 0.5) is 0 Å². The van der Waals surface area contributed by atoms with Crippen LogP contribution >= 0.6 is 23.1 Å². The van der Waals surface area contributed by atoms with E-state index in [0.717, 1.165) is 28.7 Å². The summed E-state index contributed by atoms with van der Waals surface area (Å²) in [7, 11) is 0. The summed E-state index contributed by atoms with van der Waals surface area (Å²) in [6.07, 6.45) is 0.930. The van der Waals surface area contributed by atoms with Crippen molar-refractivity contribution in [2.75, 3.05) is 0 Å². The molecule has 2 N–H and O–H groups in total. The quantitative estimate of drug-likeness (QED) is 0.421. The summed E-state index contributed by atoms with van der Waals surface area (Å²) in [6.45, 7) is 2.72. The lowest BCUT2D eigenvalue weighted by molar-refractivity contribution is 0.100. The third-order valence-corrected chi connectivity index (χ3v) is 7.30. The van der Waals surface area contributed by atoms with Gasteiger partial charge in [0.2, 0.25) is 5.82 Å². The molecule has 0 saturated carbocycles. The number of carbonyl (C=O) groups excluding carboxylic acids is 1. The Morgan fingerprint density at radius 1 is 1.09 bits per heavy atom. The van der Waals surface area contributed by atoms with Crippen LogP contribution in [0.3, 0.4) is 0 Å². The summed E-state index contributed by atoms with van der Waals surface area (Å²) >= 11 is 3.00. The largest absolute Gasteiger partial charge is 0.289 e. The molecule has 166 valence electrons. The number of carbonyl (C=O) groups is 1. The van der Waals surface area contributed by atoms with Crippen LogP contribution in [0.5, 0.6) is 0 Å². The van der Waals surface area contributed by atoms with Gasteiger partial charge in [0.05, 0.1) is 16.8 Å². The zero-order valence-electron chi connectivity index (χ0n) is 17.8. The van der Waals surface area contributed by atoms with Crippen molar-refractivity contribution in [3.05, 3.63) is 76.5 Å². The molecule has 0 radical (unpaired) electrons. The highest BCUT2D eigenvalue weighted by molar-refractivity contribution is 8.14. The lowest BCUT2D eigenvalue weighted by Gasteiger charge is -2.19. The molecule has 2 aromatic carbocycles. The average Bonchev–Trinajstić information content (AvgIpc) is 3.62. The van der Waals surface area contributed by atoms with E-state index in [1.165, 1.54) is 11.3 Å². The molecule has 1 aliphatic heterocycles. The van der Waals surface area contributed by atoms with Gasteiger partial charge in [-0.3, -0.25) is 9.80 Å². The zero-order chi connectivity index (χ0) is 22.6. The summed E-state index contributed by atoms with van der Waals surface area (Å²) in [6, 6.07) is 20.0. The minimum absolute atomic E-state index is 0.195. The molecule has 33 heavy (non-hydrogen) atoms. The first-order valence-corrected chi connectivity index (χ1v) is 12.3. The summed E-state index contributed by atoms with van der Waals surface area (Å²) in [5.41, 5.74) is 7.59. The van der Waals surface area contributed by atoms with Crippen LogP contribution in [-0.2, 0) is 6.54 Å². The van der Waals surface area contributed by atoms with Gasteiger partial charge in [0.25, 0.3) is 5.91 Å². The van der Waals surface area contributed by atoms with Crippen LogP contribution < -0.4 is 5.43 Å². The molecule has 1 atom stereocenters. The van der Waals surface area contributed by atoms with Gasteiger partial charge >= 0.3 is 0 Å². The van der Waals surface area contributed by atoms with Crippen molar-refractivity contribution in [2.24, 2.45) is 4.99 Å². The number of H-pyrrole nitrogens is 1. The van der Waals surface area contributed by atoms with E-state index in [1.54, 1.807) is 17.8 Å². The minimum Gasteiger partial charge on any atom is -0.281 e. The number of rotatable bonds is 6.